The number of carbonyl (C=O) groups is 1. The van der Waals surface area contributed by atoms with Crippen LogP contribution in [0.1, 0.15) is 32.6 Å². The fourth-order valence-corrected chi connectivity index (χ4v) is 7.14. The van der Waals surface area contributed by atoms with E-state index in [1.54, 1.807) is 36.5 Å². The number of nitrogens with one attached hydrogen (secondary N) is 1. The molecule has 2 saturated heterocycles. The third-order valence-electron chi connectivity index (χ3n) is 8.49. The molecule has 3 aliphatic rings. The standard InChI is InChI=1S/C27H38Cl2N6O3S/c1-17(18(2)32-21-5-6-24(28)25(29)13-21)26(31-16-30)27(36)34-9-7-22(8-10-34)35-14-19-11-23(12-20(19)15-35)33(3)39(4,37)38/h5-6,13,16,19-20,22-23,32H,2,7-12,14-15H2,1,3-4H3,(H2,30,31)/b26-17-/t19-,20+,23?. The quantitative estimate of drug-likeness (QED) is 0.204. The first-order valence-electron chi connectivity index (χ1n) is 13.2. The topological polar surface area (TPSA) is 111 Å². The van der Waals surface area contributed by atoms with Crippen LogP contribution in [-0.2, 0) is 14.8 Å². The number of hydrogen-bond acceptors (Lipinski definition) is 6. The average Bonchev–Trinajstić information content (AvgIpc) is 3.47. The van der Waals surface area contributed by atoms with Gasteiger partial charge in [0.2, 0.25) is 10.0 Å². The summed E-state index contributed by atoms with van der Waals surface area (Å²) in [4.78, 5) is 22.1. The van der Waals surface area contributed by atoms with Crippen molar-refractivity contribution in [2.75, 3.05) is 44.8 Å². The van der Waals surface area contributed by atoms with Gasteiger partial charge in [0.25, 0.3) is 5.91 Å². The van der Waals surface area contributed by atoms with Crippen molar-refractivity contribution in [1.29, 1.82) is 0 Å². The number of anilines is 1. The van der Waals surface area contributed by atoms with Gasteiger partial charge in [-0.05, 0) is 62.6 Å². The van der Waals surface area contributed by atoms with Crippen LogP contribution >= 0.6 is 23.2 Å². The average molecular weight is 598 g/mol. The minimum Gasteiger partial charge on any atom is -0.390 e. The summed E-state index contributed by atoms with van der Waals surface area (Å²) in [6.07, 6.45) is 6.04. The predicted molar refractivity (Wildman–Crippen MR) is 158 cm³/mol. The number of amides is 1. The summed E-state index contributed by atoms with van der Waals surface area (Å²) in [6, 6.07) is 5.68. The number of likely N-dealkylation sites (tertiary alicyclic amines) is 2. The minimum absolute atomic E-state index is 0.106. The number of halogens is 2. The molecule has 0 spiro atoms. The number of fused-ring (bicyclic) bond motifs is 1. The van der Waals surface area contributed by atoms with E-state index in [2.05, 4.69) is 21.8 Å². The van der Waals surface area contributed by atoms with Gasteiger partial charge >= 0.3 is 0 Å². The van der Waals surface area contributed by atoms with Crippen molar-refractivity contribution in [3.05, 3.63) is 51.8 Å². The molecule has 1 aliphatic carbocycles. The molecular weight excluding hydrogens is 559 g/mol. The lowest BCUT2D eigenvalue weighted by Crippen LogP contribution is -2.47. The van der Waals surface area contributed by atoms with Gasteiger partial charge in [-0.25, -0.2) is 17.7 Å². The first-order chi connectivity index (χ1) is 18.4. The van der Waals surface area contributed by atoms with Crippen LogP contribution in [0.3, 0.4) is 0 Å². The molecule has 1 aromatic rings. The predicted octanol–water partition coefficient (Wildman–Crippen LogP) is 3.77. The third kappa shape index (κ3) is 6.79. The number of aliphatic imine (C=N–C) groups is 1. The monoisotopic (exact) mass is 596 g/mol. The minimum atomic E-state index is -3.17. The molecule has 1 amide bonds. The van der Waals surface area contributed by atoms with Gasteiger partial charge in [-0.3, -0.25) is 9.69 Å². The number of nitrogens with two attached hydrogens (primary N) is 1. The maximum atomic E-state index is 13.5. The lowest BCUT2D eigenvalue weighted by molar-refractivity contribution is -0.128. The Morgan fingerprint density at radius 1 is 1.18 bits per heavy atom. The summed E-state index contributed by atoms with van der Waals surface area (Å²) in [6.45, 7) is 9.14. The number of piperidine rings is 1. The second-order valence-corrected chi connectivity index (χ2v) is 13.7. The SMILES string of the molecule is C=C(Nc1ccc(Cl)c(Cl)c1)/C(C)=C(\N=CN)C(=O)N1CCC(N2C[C@H]3CC(N(C)S(C)(=O)=O)C[C@H]3C2)CC1. The Balaban J connectivity index is 1.34. The Morgan fingerprint density at radius 3 is 2.33 bits per heavy atom. The molecule has 1 saturated carbocycles. The van der Waals surface area contributed by atoms with Crippen LogP contribution in [0.4, 0.5) is 5.69 Å². The molecular formula is C27H38Cl2N6O3S. The van der Waals surface area contributed by atoms with E-state index >= 15 is 0 Å². The summed E-state index contributed by atoms with van der Waals surface area (Å²) in [5.41, 5.74) is 7.66. The zero-order chi connectivity index (χ0) is 28.5. The van der Waals surface area contributed by atoms with Crippen LogP contribution in [0.5, 0.6) is 0 Å². The molecule has 4 rings (SSSR count). The van der Waals surface area contributed by atoms with Gasteiger partial charge in [0, 0.05) is 62.3 Å². The summed E-state index contributed by atoms with van der Waals surface area (Å²) < 4.78 is 25.5. The molecule has 3 N–H and O–H groups in total. The molecule has 2 aliphatic heterocycles. The summed E-state index contributed by atoms with van der Waals surface area (Å²) in [7, 11) is -1.47. The van der Waals surface area contributed by atoms with Gasteiger partial charge in [0.1, 0.15) is 5.70 Å². The largest absolute Gasteiger partial charge is 0.390 e. The Labute approximate surface area is 241 Å². The molecule has 3 atom stereocenters. The van der Waals surface area contributed by atoms with Crippen molar-refractivity contribution in [3.8, 4) is 0 Å². The summed E-state index contributed by atoms with van der Waals surface area (Å²) in [5.74, 6) is 0.891. The number of allylic oxidation sites excluding steroid dienone is 1. The van der Waals surface area contributed by atoms with Crippen molar-refractivity contribution in [1.82, 2.24) is 14.1 Å². The molecule has 39 heavy (non-hydrogen) atoms. The highest BCUT2D eigenvalue weighted by atomic mass is 35.5. The van der Waals surface area contributed by atoms with Crippen LogP contribution in [0.25, 0.3) is 0 Å². The zero-order valence-electron chi connectivity index (χ0n) is 22.7. The van der Waals surface area contributed by atoms with E-state index in [1.807, 2.05) is 4.90 Å². The molecule has 12 heteroatoms. The maximum absolute atomic E-state index is 13.5. The van der Waals surface area contributed by atoms with Crippen molar-refractivity contribution >= 4 is 51.2 Å². The molecule has 214 valence electrons. The van der Waals surface area contributed by atoms with Crippen LogP contribution in [0.2, 0.25) is 10.0 Å². The lowest BCUT2D eigenvalue weighted by Gasteiger charge is -2.37. The molecule has 3 fully saturated rings. The molecule has 0 radical (unpaired) electrons. The van der Waals surface area contributed by atoms with E-state index in [1.165, 1.54) is 6.26 Å². The summed E-state index contributed by atoms with van der Waals surface area (Å²) in [5, 5.41) is 4.03. The van der Waals surface area contributed by atoms with Gasteiger partial charge < -0.3 is 16.0 Å². The first-order valence-corrected chi connectivity index (χ1v) is 15.8. The molecule has 0 bridgehead atoms. The fraction of sp³-hybridized carbons (Fsp3) is 0.556. The summed E-state index contributed by atoms with van der Waals surface area (Å²) >= 11 is 12.1. The third-order valence-corrected chi connectivity index (χ3v) is 10.6. The fourth-order valence-electron chi connectivity index (χ4n) is 6.13. The van der Waals surface area contributed by atoms with Gasteiger partial charge in [-0.2, -0.15) is 0 Å². The normalized spacial score (nSPS) is 25.3. The Bertz CT molecular complexity index is 1260. The Hall–Kier alpha value is -2.11. The van der Waals surface area contributed by atoms with Gasteiger partial charge in [0.05, 0.1) is 22.6 Å². The number of rotatable bonds is 8. The number of sulfonamides is 1. The Morgan fingerprint density at radius 2 is 1.79 bits per heavy atom. The Kier molecular flexibility index (Phi) is 9.33. The van der Waals surface area contributed by atoms with Crippen LogP contribution < -0.4 is 11.1 Å². The highest BCUT2D eigenvalue weighted by Gasteiger charge is 2.45. The number of nitrogens with zero attached hydrogens (tertiary/aromatic N) is 4. The van der Waals surface area contributed by atoms with Crippen molar-refractivity contribution in [2.45, 2.75) is 44.7 Å². The second-order valence-electron chi connectivity index (χ2n) is 10.9. The number of hydrogen-bond donors (Lipinski definition) is 2. The van der Waals surface area contributed by atoms with E-state index in [0.717, 1.165) is 45.1 Å². The van der Waals surface area contributed by atoms with E-state index in [9.17, 15) is 13.2 Å². The lowest BCUT2D eigenvalue weighted by atomic mass is 10.0. The number of benzene rings is 1. The van der Waals surface area contributed by atoms with E-state index in [4.69, 9.17) is 28.9 Å². The van der Waals surface area contributed by atoms with Crippen LogP contribution in [-0.4, -0.2) is 86.3 Å². The van der Waals surface area contributed by atoms with Crippen LogP contribution in [0, 0.1) is 11.8 Å². The van der Waals surface area contributed by atoms with Gasteiger partial charge in [-0.15, -0.1) is 0 Å². The molecule has 9 nitrogen and oxygen atoms in total. The smallest absolute Gasteiger partial charge is 0.272 e. The number of carbonyl (C=O) groups excluding carboxylic acids is 1. The van der Waals surface area contributed by atoms with E-state index in [-0.39, 0.29) is 17.6 Å². The highest BCUT2D eigenvalue weighted by molar-refractivity contribution is 7.88. The van der Waals surface area contributed by atoms with Gasteiger partial charge in [-0.1, -0.05) is 29.8 Å². The van der Waals surface area contributed by atoms with Crippen molar-refractivity contribution in [3.63, 3.8) is 0 Å². The maximum Gasteiger partial charge on any atom is 0.272 e. The second kappa shape index (κ2) is 12.2. The van der Waals surface area contributed by atoms with Crippen LogP contribution in [0.15, 0.2) is 46.7 Å². The molecule has 2 heterocycles. The highest BCUT2D eigenvalue weighted by Crippen LogP contribution is 2.42. The molecule has 0 aromatic heterocycles. The first kappa shape index (κ1) is 29.9. The van der Waals surface area contributed by atoms with E-state index < -0.39 is 10.0 Å². The van der Waals surface area contributed by atoms with Crippen molar-refractivity contribution < 1.29 is 13.2 Å². The molecule has 1 unspecified atom stereocenters. The zero-order valence-corrected chi connectivity index (χ0v) is 25.1. The van der Waals surface area contributed by atoms with Gasteiger partial charge in [0.15, 0.2) is 0 Å². The molecule has 1 aromatic carbocycles. The van der Waals surface area contributed by atoms with Crippen molar-refractivity contribution in [2.24, 2.45) is 22.6 Å². The van der Waals surface area contributed by atoms with E-state index in [0.29, 0.717) is 58.0 Å².